The van der Waals surface area contributed by atoms with E-state index < -0.39 is 11.6 Å². The van der Waals surface area contributed by atoms with E-state index in [1.807, 2.05) is 113 Å². The van der Waals surface area contributed by atoms with E-state index in [-0.39, 0.29) is 31.2 Å². The van der Waals surface area contributed by atoms with Gasteiger partial charge in [0.1, 0.15) is 23.0 Å². The van der Waals surface area contributed by atoms with E-state index in [1.165, 1.54) is 0 Å². The molecular formula is C52H56Cl4N2O6. The van der Waals surface area contributed by atoms with Crippen molar-refractivity contribution in [1.29, 1.82) is 0 Å². The highest BCUT2D eigenvalue weighted by molar-refractivity contribution is 6.53. The van der Waals surface area contributed by atoms with Crippen LogP contribution < -0.4 is 28.7 Å². The Hall–Kier alpha value is -4.99. The van der Waals surface area contributed by atoms with Gasteiger partial charge in [0.2, 0.25) is 0 Å². The number of carbonyl (C=O) groups is 1. The third kappa shape index (κ3) is 9.96. The number of nitrogens with zero attached hydrogens (tertiary/aromatic N) is 2. The zero-order valence-electron chi connectivity index (χ0n) is 37.8. The van der Waals surface area contributed by atoms with Crippen LogP contribution in [0, 0.1) is 0 Å². The number of hydrogen-bond donors (Lipinski definition) is 0. The molecule has 8 nitrogen and oxygen atoms in total. The Bertz CT molecular complexity index is 2370. The molecule has 0 saturated heterocycles. The van der Waals surface area contributed by atoms with Gasteiger partial charge in [-0.05, 0) is 149 Å². The first-order valence-electron chi connectivity index (χ1n) is 22.0. The highest BCUT2D eigenvalue weighted by Gasteiger charge is 2.48. The maximum absolute atomic E-state index is 14.5. The molecule has 0 unspecified atom stereocenters. The second kappa shape index (κ2) is 21.8. The summed E-state index contributed by atoms with van der Waals surface area (Å²) in [5.74, 6) is 2.10. The van der Waals surface area contributed by atoms with Crippen molar-refractivity contribution in [2.45, 2.75) is 61.0 Å². The molecule has 0 fully saturated rings. The summed E-state index contributed by atoms with van der Waals surface area (Å²) in [6, 6.07) is 27.8. The van der Waals surface area contributed by atoms with Gasteiger partial charge in [-0.1, -0.05) is 82.8 Å². The molecule has 64 heavy (non-hydrogen) atoms. The molecule has 1 heterocycles. The van der Waals surface area contributed by atoms with Gasteiger partial charge in [-0.25, -0.2) is 4.79 Å². The number of fused-ring (bicyclic) bond motifs is 1. The Morgan fingerprint density at radius 2 is 0.891 bits per heavy atom. The number of carbonyl (C=O) groups excluding carboxylic acids is 1. The molecule has 0 aliphatic carbocycles. The van der Waals surface area contributed by atoms with Gasteiger partial charge < -0.3 is 33.5 Å². The standard InChI is InChI=1S/C52H56Cl4N2O6/c1-9-57(10-2)41-27-21-35(29-43(41)62-15-7)39(33-17-23-37(24-18-33)60-13-5)31-52(46-45(51(59)64-52)47(53)49(55)50(56)48(46)54)32-40(34-19-25-38(26-20-34)61-14-6)36-22-28-42(58(11-3)12-4)44(30-36)63-16-8/h17-32H,9-16H2,1-8H3. The fourth-order valence-corrected chi connectivity index (χ4v) is 9.22. The fraction of sp³-hybridized carbons (Fsp3) is 0.327. The predicted octanol–water partition coefficient (Wildman–Crippen LogP) is 14.2. The van der Waals surface area contributed by atoms with Crippen LogP contribution in [-0.4, -0.2) is 58.6 Å². The number of hydrogen-bond acceptors (Lipinski definition) is 8. The van der Waals surface area contributed by atoms with Crippen LogP contribution in [0.25, 0.3) is 11.1 Å². The molecule has 0 aromatic heterocycles. The van der Waals surface area contributed by atoms with Gasteiger partial charge in [-0.3, -0.25) is 0 Å². The molecule has 0 N–H and O–H groups in total. The number of halogens is 4. The molecule has 1 aliphatic rings. The molecule has 5 aromatic rings. The monoisotopic (exact) mass is 944 g/mol. The summed E-state index contributed by atoms with van der Waals surface area (Å²) < 4.78 is 31.1. The zero-order valence-corrected chi connectivity index (χ0v) is 40.8. The van der Waals surface area contributed by atoms with E-state index in [4.69, 9.17) is 70.1 Å². The van der Waals surface area contributed by atoms with Gasteiger partial charge in [0.25, 0.3) is 0 Å². The highest BCUT2D eigenvalue weighted by Crippen LogP contribution is 2.54. The number of ether oxygens (including phenoxy) is 5. The number of rotatable bonds is 20. The smallest absolute Gasteiger partial charge is 0.341 e. The molecule has 0 atom stereocenters. The molecule has 12 heteroatoms. The molecule has 338 valence electrons. The molecular weight excluding hydrogens is 890 g/mol. The third-order valence-corrected chi connectivity index (χ3v) is 12.9. The lowest BCUT2D eigenvalue weighted by molar-refractivity contribution is 0.0300. The molecule has 0 saturated carbocycles. The highest BCUT2D eigenvalue weighted by atomic mass is 35.5. The number of benzene rings is 5. The van der Waals surface area contributed by atoms with Crippen LogP contribution in [0.3, 0.4) is 0 Å². The van der Waals surface area contributed by atoms with Gasteiger partial charge in [-0.2, -0.15) is 0 Å². The molecule has 5 aromatic carbocycles. The predicted molar refractivity (Wildman–Crippen MR) is 265 cm³/mol. The van der Waals surface area contributed by atoms with Crippen LogP contribution in [0.1, 0.15) is 93.6 Å². The minimum Gasteiger partial charge on any atom is -0.494 e. The van der Waals surface area contributed by atoms with Crippen molar-refractivity contribution in [2.75, 3.05) is 62.4 Å². The summed E-state index contributed by atoms with van der Waals surface area (Å²) >= 11 is 27.8. The topological polar surface area (TPSA) is 69.7 Å². The fourth-order valence-electron chi connectivity index (χ4n) is 8.14. The molecule has 0 bridgehead atoms. The number of anilines is 2. The van der Waals surface area contributed by atoms with Crippen LogP contribution in [-0.2, 0) is 10.3 Å². The second-order valence-electron chi connectivity index (χ2n) is 14.8. The van der Waals surface area contributed by atoms with Gasteiger partial charge in [0.05, 0.1) is 63.5 Å². The summed E-state index contributed by atoms with van der Waals surface area (Å²) in [6.45, 7) is 21.3. The van der Waals surface area contributed by atoms with Crippen LogP contribution in [0.2, 0.25) is 20.1 Å². The first-order chi connectivity index (χ1) is 30.9. The molecule has 1 aliphatic heterocycles. The van der Waals surface area contributed by atoms with Crippen molar-refractivity contribution in [2.24, 2.45) is 0 Å². The maximum atomic E-state index is 14.5. The minimum atomic E-state index is -1.74. The average Bonchev–Trinajstić information content (AvgIpc) is 3.59. The summed E-state index contributed by atoms with van der Waals surface area (Å²) in [7, 11) is 0. The van der Waals surface area contributed by atoms with E-state index in [1.54, 1.807) is 0 Å². The SMILES string of the molecule is CCOc1ccc(C(=CC2(C=C(c3ccc(OCC)cc3)c3ccc(N(CC)CC)c(OCC)c3)OC(=O)c3c(Cl)c(Cl)c(Cl)c(Cl)c32)c2ccc(N(CC)CC)c(OCC)c2)cc1. The van der Waals surface area contributed by atoms with Crippen molar-refractivity contribution < 1.29 is 28.5 Å². The molecule has 0 amide bonds. The van der Waals surface area contributed by atoms with Crippen LogP contribution in [0.4, 0.5) is 11.4 Å². The Balaban J connectivity index is 1.78. The van der Waals surface area contributed by atoms with Crippen molar-refractivity contribution in [3.63, 3.8) is 0 Å². The van der Waals surface area contributed by atoms with E-state index >= 15 is 0 Å². The van der Waals surface area contributed by atoms with E-state index in [0.29, 0.717) is 60.6 Å². The van der Waals surface area contributed by atoms with Gasteiger partial charge in [-0.15, -0.1) is 0 Å². The molecule has 6 rings (SSSR count). The Kier molecular flexibility index (Phi) is 16.5. The Morgan fingerprint density at radius 3 is 1.27 bits per heavy atom. The summed E-state index contributed by atoms with van der Waals surface area (Å²) in [5.41, 5.74) is 5.01. The van der Waals surface area contributed by atoms with Gasteiger partial charge in [0, 0.05) is 31.7 Å². The van der Waals surface area contributed by atoms with E-state index in [9.17, 15) is 4.79 Å². The first-order valence-corrected chi connectivity index (χ1v) is 23.5. The quantitative estimate of drug-likeness (QED) is 0.0434. The van der Waals surface area contributed by atoms with E-state index in [2.05, 4.69) is 49.6 Å². The van der Waals surface area contributed by atoms with Crippen molar-refractivity contribution in [3.05, 3.63) is 151 Å². The van der Waals surface area contributed by atoms with Crippen LogP contribution in [0.15, 0.2) is 97.1 Å². The number of esters is 1. The first kappa shape index (κ1) is 48.5. The molecule has 0 radical (unpaired) electrons. The van der Waals surface area contributed by atoms with Crippen LogP contribution in [0.5, 0.6) is 23.0 Å². The maximum Gasteiger partial charge on any atom is 0.341 e. The van der Waals surface area contributed by atoms with Crippen LogP contribution >= 0.6 is 46.4 Å². The number of cyclic esters (lactones) is 1. The molecule has 0 spiro atoms. The van der Waals surface area contributed by atoms with Crippen molar-refractivity contribution in [1.82, 2.24) is 0 Å². The summed E-state index contributed by atoms with van der Waals surface area (Å²) in [6.07, 6.45) is 3.81. The lowest BCUT2D eigenvalue weighted by atomic mass is 9.82. The van der Waals surface area contributed by atoms with Crippen molar-refractivity contribution in [3.8, 4) is 23.0 Å². The zero-order chi connectivity index (χ0) is 46.1. The lowest BCUT2D eigenvalue weighted by Crippen LogP contribution is -2.24. The average molecular weight is 947 g/mol. The Morgan fingerprint density at radius 1 is 0.516 bits per heavy atom. The largest absolute Gasteiger partial charge is 0.494 e. The normalized spacial score (nSPS) is 14.8. The summed E-state index contributed by atoms with van der Waals surface area (Å²) in [4.78, 5) is 19.0. The second-order valence-corrected chi connectivity index (χ2v) is 16.3. The minimum absolute atomic E-state index is 0.00814. The van der Waals surface area contributed by atoms with Gasteiger partial charge in [0.15, 0.2) is 5.60 Å². The van der Waals surface area contributed by atoms with E-state index in [0.717, 1.165) is 59.8 Å². The van der Waals surface area contributed by atoms with Gasteiger partial charge >= 0.3 is 5.97 Å². The lowest BCUT2D eigenvalue weighted by Gasteiger charge is -2.28. The van der Waals surface area contributed by atoms with Crippen molar-refractivity contribution >= 4 is 74.9 Å². The third-order valence-electron chi connectivity index (χ3n) is 11.1. The summed E-state index contributed by atoms with van der Waals surface area (Å²) in [5, 5.41) is -0.0890. The Labute approximate surface area is 398 Å².